The van der Waals surface area contributed by atoms with E-state index in [0.717, 1.165) is 42.2 Å². The largest absolute Gasteiger partial charge is 0.355 e. The van der Waals surface area contributed by atoms with Gasteiger partial charge in [0.15, 0.2) is 0 Å². The second-order valence-corrected chi connectivity index (χ2v) is 8.79. The third-order valence-electron chi connectivity index (χ3n) is 6.66. The number of fused-ring (bicyclic) bond motifs is 1. The van der Waals surface area contributed by atoms with Crippen molar-refractivity contribution in [3.8, 4) is 0 Å². The molecule has 0 aliphatic carbocycles. The van der Waals surface area contributed by atoms with Gasteiger partial charge in [-0.3, -0.25) is 14.9 Å². The molecule has 0 amide bonds. The molecule has 0 unspecified atom stereocenters. The van der Waals surface area contributed by atoms with Gasteiger partial charge in [-0.1, -0.05) is 18.2 Å². The Morgan fingerprint density at radius 2 is 1.72 bits per heavy atom. The molecule has 0 atom stereocenters. The Labute approximate surface area is 172 Å². The van der Waals surface area contributed by atoms with E-state index in [0.29, 0.717) is 5.41 Å². The van der Waals surface area contributed by atoms with Crippen molar-refractivity contribution >= 4 is 16.9 Å². The molecule has 3 aromatic rings. The highest BCUT2D eigenvalue weighted by molar-refractivity contribution is 5.75. The van der Waals surface area contributed by atoms with E-state index in [1.54, 1.807) is 0 Å². The fraction of sp³-hybridized carbons (Fsp3) is 0.458. The summed E-state index contributed by atoms with van der Waals surface area (Å²) < 4.78 is 0. The van der Waals surface area contributed by atoms with Crippen molar-refractivity contribution in [1.82, 2.24) is 19.9 Å². The number of rotatable bonds is 3. The van der Waals surface area contributed by atoms with Crippen LogP contribution >= 0.6 is 0 Å². The van der Waals surface area contributed by atoms with E-state index in [4.69, 9.17) is 9.97 Å². The van der Waals surface area contributed by atoms with Gasteiger partial charge in [-0.05, 0) is 68.8 Å². The first-order valence-corrected chi connectivity index (χ1v) is 10.8. The van der Waals surface area contributed by atoms with E-state index in [1.807, 2.05) is 24.4 Å². The highest BCUT2D eigenvalue weighted by Crippen LogP contribution is 2.40. The number of hydrogen-bond acceptors (Lipinski definition) is 5. The van der Waals surface area contributed by atoms with Gasteiger partial charge in [-0.15, -0.1) is 0 Å². The van der Waals surface area contributed by atoms with Gasteiger partial charge in [0.05, 0.1) is 22.9 Å². The third-order valence-corrected chi connectivity index (χ3v) is 6.66. The first-order valence-electron chi connectivity index (χ1n) is 10.8. The molecule has 29 heavy (non-hydrogen) atoms. The zero-order valence-corrected chi connectivity index (χ0v) is 17.2. The summed E-state index contributed by atoms with van der Waals surface area (Å²) in [7, 11) is 0. The van der Waals surface area contributed by atoms with Crippen LogP contribution in [0.1, 0.15) is 37.1 Å². The molecule has 0 saturated carbocycles. The van der Waals surface area contributed by atoms with Gasteiger partial charge in [-0.2, -0.15) is 0 Å². The smallest absolute Gasteiger partial charge is 0.147 e. The van der Waals surface area contributed by atoms with Crippen molar-refractivity contribution < 1.29 is 0 Å². The molecule has 1 aromatic carbocycles. The summed E-state index contributed by atoms with van der Waals surface area (Å²) in [4.78, 5) is 19.2. The van der Waals surface area contributed by atoms with Crippen LogP contribution in [-0.2, 0) is 6.54 Å². The number of likely N-dealkylation sites (tertiary alicyclic amines) is 1. The Morgan fingerprint density at radius 1 is 0.897 bits per heavy atom. The first-order chi connectivity index (χ1) is 14.2. The molecular formula is C24H29N5. The van der Waals surface area contributed by atoms with Crippen molar-refractivity contribution in [1.29, 1.82) is 0 Å². The summed E-state index contributed by atoms with van der Waals surface area (Å²) in [5.74, 6) is 1.02. The lowest BCUT2D eigenvalue weighted by atomic mass is 9.72. The molecule has 2 aliphatic heterocycles. The lowest BCUT2D eigenvalue weighted by Crippen LogP contribution is -2.49. The van der Waals surface area contributed by atoms with Crippen molar-refractivity contribution in [2.24, 2.45) is 5.41 Å². The molecule has 2 aromatic heterocycles. The van der Waals surface area contributed by atoms with E-state index in [9.17, 15) is 0 Å². The standard InChI is InChI=1S/C24H29N5/c1-19-6-4-7-20(26-19)17-28-13-5-10-24(18-28)11-14-29(15-12-24)23-16-25-21-8-2-3-9-22(21)27-23/h2-4,6-9,16H,5,10-15,17-18H2,1H3. The summed E-state index contributed by atoms with van der Waals surface area (Å²) in [6.45, 7) is 7.58. The van der Waals surface area contributed by atoms with Crippen molar-refractivity contribution in [2.45, 2.75) is 39.2 Å². The van der Waals surface area contributed by atoms with Gasteiger partial charge in [-0.25, -0.2) is 4.98 Å². The van der Waals surface area contributed by atoms with Gasteiger partial charge in [0.25, 0.3) is 0 Å². The Bertz CT molecular complexity index is 993. The summed E-state index contributed by atoms with van der Waals surface area (Å²) >= 11 is 0. The number of piperidine rings is 2. The Balaban J connectivity index is 1.25. The van der Waals surface area contributed by atoms with Gasteiger partial charge >= 0.3 is 0 Å². The SMILES string of the molecule is Cc1cccc(CN2CCCC3(CCN(c4cnc5ccccc5n4)CC3)C2)n1. The number of aromatic nitrogens is 3. The molecule has 0 bridgehead atoms. The van der Waals surface area contributed by atoms with Crippen LogP contribution in [0.2, 0.25) is 0 Å². The van der Waals surface area contributed by atoms with E-state index in [-0.39, 0.29) is 0 Å². The zero-order valence-electron chi connectivity index (χ0n) is 17.2. The molecule has 2 saturated heterocycles. The molecule has 5 rings (SSSR count). The molecule has 150 valence electrons. The maximum absolute atomic E-state index is 4.86. The number of nitrogens with zero attached hydrogens (tertiary/aromatic N) is 5. The number of para-hydroxylation sites is 2. The van der Waals surface area contributed by atoms with Crippen molar-refractivity contribution in [3.05, 3.63) is 60.0 Å². The third kappa shape index (κ3) is 3.97. The van der Waals surface area contributed by atoms with E-state index < -0.39 is 0 Å². The number of aryl methyl sites for hydroxylation is 1. The van der Waals surface area contributed by atoms with Crippen LogP contribution < -0.4 is 4.90 Å². The van der Waals surface area contributed by atoms with Crippen LogP contribution in [0.15, 0.2) is 48.7 Å². The van der Waals surface area contributed by atoms with E-state index in [1.165, 1.54) is 44.5 Å². The average Bonchev–Trinajstić information content (AvgIpc) is 2.74. The summed E-state index contributed by atoms with van der Waals surface area (Å²) in [6, 6.07) is 14.5. The molecule has 1 spiro atoms. The highest BCUT2D eigenvalue weighted by atomic mass is 15.2. The van der Waals surface area contributed by atoms with Crippen molar-refractivity contribution in [2.75, 3.05) is 31.1 Å². The van der Waals surface area contributed by atoms with Crippen molar-refractivity contribution in [3.63, 3.8) is 0 Å². The highest BCUT2D eigenvalue weighted by Gasteiger charge is 2.38. The second kappa shape index (κ2) is 7.71. The van der Waals surface area contributed by atoms with Crippen LogP contribution in [0.25, 0.3) is 11.0 Å². The van der Waals surface area contributed by atoms with Gasteiger partial charge in [0, 0.05) is 31.9 Å². The van der Waals surface area contributed by atoms with Gasteiger partial charge < -0.3 is 4.90 Å². The minimum absolute atomic E-state index is 0.447. The lowest BCUT2D eigenvalue weighted by Gasteiger charge is -2.48. The monoisotopic (exact) mass is 387 g/mol. The number of anilines is 1. The Morgan fingerprint density at radius 3 is 2.55 bits per heavy atom. The first kappa shape index (κ1) is 18.5. The number of hydrogen-bond donors (Lipinski definition) is 0. The summed E-state index contributed by atoms with van der Waals surface area (Å²) in [5, 5.41) is 0. The molecule has 4 heterocycles. The zero-order chi connectivity index (χ0) is 19.7. The van der Waals surface area contributed by atoms with Crippen LogP contribution in [0.4, 0.5) is 5.82 Å². The summed E-state index contributed by atoms with van der Waals surface area (Å²) in [5.41, 5.74) is 4.71. The lowest BCUT2D eigenvalue weighted by molar-refractivity contribution is 0.0597. The molecule has 5 heteroatoms. The molecule has 2 aliphatic rings. The minimum Gasteiger partial charge on any atom is -0.355 e. The quantitative estimate of drug-likeness (QED) is 0.673. The summed E-state index contributed by atoms with van der Waals surface area (Å²) in [6.07, 6.45) is 7.05. The molecule has 0 radical (unpaired) electrons. The number of pyridine rings is 1. The normalized spacial score (nSPS) is 19.7. The number of benzene rings is 1. The predicted octanol–water partition coefficient (Wildman–Crippen LogP) is 4.22. The Hall–Kier alpha value is -2.53. The topological polar surface area (TPSA) is 45.2 Å². The molecule has 2 fully saturated rings. The fourth-order valence-electron chi connectivity index (χ4n) is 5.08. The second-order valence-electron chi connectivity index (χ2n) is 8.79. The molecule has 0 N–H and O–H groups in total. The maximum atomic E-state index is 4.86. The van der Waals surface area contributed by atoms with Gasteiger partial charge in [0.2, 0.25) is 0 Å². The molecule has 5 nitrogen and oxygen atoms in total. The van der Waals surface area contributed by atoms with E-state index >= 15 is 0 Å². The Kier molecular flexibility index (Phi) is 4.92. The predicted molar refractivity (Wildman–Crippen MR) is 117 cm³/mol. The molecular weight excluding hydrogens is 358 g/mol. The maximum Gasteiger partial charge on any atom is 0.147 e. The van der Waals surface area contributed by atoms with Crippen LogP contribution in [0.3, 0.4) is 0 Å². The van der Waals surface area contributed by atoms with Crippen LogP contribution in [0, 0.1) is 12.3 Å². The van der Waals surface area contributed by atoms with Crippen LogP contribution in [0.5, 0.6) is 0 Å². The minimum atomic E-state index is 0.447. The van der Waals surface area contributed by atoms with Crippen LogP contribution in [-0.4, -0.2) is 46.0 Å². The fourth-order valence-corrected chi connectivity index (χ4v) is 5.08. The average molecular weight is 388 g/mol. The van der Waals surface area contributed by atoms with Gasteiger partial charge in [0.1, 0.15) is 5.82 Å². The van der Waals surface area contributed by atoms with E-state index in [2.05, 4.69) is 46.0 Å².